The van der Waals surface area contributed by atoms with Gasteiger partial charge in [-0.2, -0.15) is 0 Å². The zero-order chi connectivity index (χ0) is 33.7. The normalized spacial score (nSPS) is 11.5. The van der Waals surface area contributed by atoms with Gasteiger partial charge in [-0.15, -0.1) is 11.3 Å². The molecule has 51 heavy (non-hydrogen) atoms. The summed E-state index contributed by atoms with van der Waals surface area (Å²) in [5, 5.41) is 5.68. The van der Waals surface area contributed by atoms with E-state index >= 15 is 0 Å². The number of anilines is 3. The fourth-order valence-corrected chi connectivity index (χ4v) is 8.27. The Morgan fingerprint density at radius 1 is 0.431 bits per heavy atom. The van der Waals surface area contributed by atoms with E-state index in [4.69, 9.17) is 9.40 Å². The molecule has 0 aliphatic rings. The highest BCUT2D eigenvalue weighted by Gasteiger charge is 2.19. The van der Waals surface area contributed by atoms with E-state index in [-0.39, 0.29) is 0 Å². The number of nitrogens with zero attached hydrogens (tertiary/aromatic N) is 2. The molecule has 0 aliphatic heterocycles. The predicted octanol–water partition coefficient (Wildman–Crippen LogP) is 13.8. The Kier molecular flexibility index (Phi) is 7.00. The summed E-state index contributed by atoms with van der Waals surface area (Å²) < 4.78 is 7.59. The summed E-state index contributed by atoms with van der Waals surface area (Å²) in [4.78, 5) is 7.37. The summed E-state index contributed by atoms with van der Waals surface area (Å²) >= 11 is 1.72. The third-order valence-electron chi connectivity index (χ3n) is 9.67. The number of hydrogen-bond donors (Lipinski definition) is 0. The van der Waals surface area contributed by atoms with Gasteiger partial charge in [0.05, 0.1) is 10.2 Å². The standard InChI is InChI=1S/C47H30N2OS/c1-3-10-31(11-4-1)36-16-9-17-39(29-36)49(38-22-20-33(21-23-38)37-19-18-32-12-7-8-15-35(32)28-37)40-24-26-43-41(30-40)45-44(50-43)27-25-42-46(45)51-47(48-42)34-13-5-2-6-14-34/h1-30H. The molecule has 0 amide bonds. The molecule has 0 fully saturated rings. The highest BCUT2D eigenvalue weighted by Crippen LogP contribution is 2.44. The van der Waals surface area contributed by atoms with Crippen LogP contribution in [0, 0.1) is 0 Å². The minimum absolute atomic E-state index is 0.862. The number of thiazole rings is 1. The summed E-state index contributed by atoms with van der Waals surface area (Å²) in [6.45, 7) is 0. The largest absolute Gasteiger partial charge is 0.456 e. The van der Waals surface area contributed by atoms with Gasteiger partial charge in [-0.3, -0.25) is 0 Å². The Bertz CT molecular complexity index is 2850. The first-order valence-electron chi connectivity index (χ1n) is 17.1. The van der Waals surface area contributed by atoms with Crippen molar-refractivity contribution in [2.75, 3.05) is 4.90 Å². The van der Waals surface area contributed by atoms with E-state index in [1.807, 2.05) is 6.07 Å². The Labute approximate surface area is 299 Å². The first-order valence-corrected chi connectivity index (χ1v) is 17.9. The molecule has 10 rings (SSSR count). The van der Waals surface area contributed by atoms with Gasteiger partial charge in [0.1, 0.15) is 16.2 Å². The van der Waals surface area contributed by atoms with Crippen molar-refractivity contribution in [3.05, 3.63) is 182 Å². The lowest BCUT2D eigenvalue weighted by atomic mass is 10.0. The van der Waals surface area contributed by atoms with E-state index in [0.717, 1.165) is 59.8 Å². The van der Waals surface area contributed by atoms with E-state index in [9.17, 15) is 0 Å². The molecule has 4 heteroatoms. The van der Waals surface area contributed by atoms with Crippen LogP contribution in [0.2, 0.25) is 0 Å². The van der Waals surface area contributed by atoms with Crippen molar-refractivity contribution in [3.8, 4) is 32.8 Å². The van der Waals surface area contributed by atoms with Crippen LogP contribution in [0.1, 0.15) is 0 Å². The van der Waals surface area contributed by atoms with E-state index in [1.54, 1.807) is 11.3 Å². The summed E-state index contributed by atoms with van der Waals surface area (Å²) in [6, 6.07) is 64.5. The van der Waals surface area contributed by atoms with Crippen LogP contribution in [0.25, 0.3) is 75.8 Å². The molecule has 2 heterocycles. The van der Waals surface area contributed by atoms with Crippen LogP contribution in [-0.4, -0.2) is 4.98 Å². The third kappa shape index (κ3) is 5.25. The van der Waals surface area contributed by atoms with Gasteiger partial charge in [0.25, 0.3) is 0 Å². The SMILES string of the molecule is c1ccc(-c2cccc(N(c3ccc(-c4ccc5ccccc5c4)cc3)c3ccc4oc5ccc6nc(-c7ccccc7)sc6c5c4c3)c2)cc1. The third-order valence-corrected chi connectivity index (χ3v) is 10.8. The maximum atomic E-state index is 6.45. The van der Waals surface area contributed by atoms with Crippen LogP contribution in [0.5, 0.6) is 0 Å². The molecule has 0 radical (unpaired) electrons. The second-order valence-corrected chi connectivity index (χ2v) is 13.8. The zero-order valence-corrected chi connectivity index (χ0v) is 28.3. The van der Waals surface area contributed by atoms with E-state index in [2.05, 4.69) is 181 Å². The van der Waals surface area contributed by atoms with Crippen molar-refractivity contribution in [3.63, 3.8) is 0 Å². The molecule has 0 N–H and O–H groups in total. The lowest BCUT2D eigenvalue weighted by Gasteiger charge is -2.26. The van der Waals surface area contributed by atoms with Gasteiger partial charge in [-0.05, 0) is 93.7 Å². The smallest absolute Gasteiger partial charge is 0.137 e. The van der Waals surface area contributed by atoms with Gasteiger partial charge in [-0.1, -0.05) is 121 Å². The highest BCUT2D eigenvalue weighted by molar-refractivity contribution is 7.22. The average Bonchev–Trinajstić information content (AvgIpc) is 3.81. The number of fused-ring (bicyclic) bond motifs is 6. The van der Waals surface area contributed by atoms with Crippen LogP contribution in [-0.2, 0) is 0 Å². The minimum atomic E-state index is 0.862. The number of hydrogen-bond acceptors (Lipinski definition) is 4. The minimum Gasteiger partial charge on any atom is -0.456 e. The number of furan rings is 1. The molecule has 8 aromatic carbocycles. The maximum absolute atomic E-state index is 6.45. The number of rotatable bonds is 6. The Morgan fingerprint density at radius 2 is 1.06 bits per heavy atom. The van der Waals surface area contributed by atoms with Gasteiger partial charge in [0, 0.05) is 33.4 Å². The number of benzene rings is 8. The fraction of sp³-hybridized carbons (Fsp3) is 0. The molecule has 3 nitrogen and oxygen atoms in total. The average molecular weight is 671 g/mol. The van der Waals surface area contributed by atoms with Crippen LogP contribution in [0.4, 0.5) is 17.1 Å². The molecule has 2 aromatic heterocycles. The Hall–Kier alpha value is -6.49. The topological polar surface area (TPSA) is 29.3 Å². The highest BCUT2D eigenvalue weighted by atomic mass is 32.1. The molecule has 0 saturated carbocycles. The maximum Gasteiger partial charge on any atom is 0.137 e. The molecular formula is C47H30N2OS. The van der Waals surface area contributed by atoms with Crippen molar-refractivity contribution < 1.29 is 4.42 Å². The Morgan fingerprint density at radius 3 is 1.88 bits per heavy atom. The van der Waals surface area contributed by atoms with E-state index < -0.39 is 0 Å². The van der Waals surface area contributed by atoms with Crippen LogP contribution < -0.4 is 4.90 Å². The van der Waals surface area contributed by atoms with Gasteiger partial charge in [0.2, 0.25) is 0 Å². The second kappa shape index (κ2) is 12.1. The lowest BCUT2D eigenvalue weighted by molar-refractivity contribution is 0.669. The first-order chi connectivity index (χ1) is 25.2. The van der Waals surface area contributed by atoms with Gasteiger partial charge < -0.3 is 9.32 Å². The molecule has 0 aliphatic carbocycles. The monoisotopic (exact) mass is 670 g/mol. The second-order valence-electron chi connectivity index (χ2n) is 12.8. The van der Waals surface area contributed by atoms with Crippen LogP contribution in [0.15, 0.2) is 186 Å². The molecule has 0 spiro atoms. The van der Waals surface area contributed by atoms with Crippen molar-refractivity contribution in [1.82, 2.24) is 4.98 Å². The van der Waals surface area contributed by atoms with Crippen molar-refractivity contribution >= 4 is 71.3 Å². The van der Waals surface area contributed by atoms with Crippen LogP contribution in [0.3, 0.4) is 0 Å². The molecule has 0 saturated heterocycles. The summed E-state index contributed by atoms with van der Waals surface area (Å²) in [5.74, 6) is 0. The molecule has 10 aromatic rings. The van der Waals surface area contributed by atoms with Gasteiger partial charge in [-0.25, -0.2) is 4.98 Å². The van der Waals surface area contributed by atoms with Crippen molar-refractivity contribution in [1.29, 1.82) is 0 Å². The summed E-state index contributed by atoms with van der Waals surface area (Å²) in [7, 11) is 0. The molecule has 0 unspecified atom stereocenters. The quantitative estimate of drug-likeness (QED) is 0.176. The van der Waals surface area contributed by atoms with Crippen molar-refractivity contribution in [2.45, 2.75) is 0 Å². The van der Waals surface area contributed by atoms with E-state index in [0.29, 0.717) is 0 Å². The van der Waals surface area contributed by atoms with Gasteiger partial charge >= 0.3 is 0 Å². The van der Waals surface area contributed by atoms with E-state index in [1.165, 1.54) is 33.0 Å². The molecular weight excluding hydrogens is 641 g/mol. The summed E-state index contributed by atoms with van der Waals surface area (Å²) in [6.07, 6.45) is 0. The van der Waals surface area contributed by atoms with Crippen LogP contribution >= 0.6 is 11.3 Å². The lowest BCUT2D eigenvalue weighted by Crippen LogP contribution is -2.10. The molecule has 0 atom stereocenters. The Balaban J connectivity index is 1.13. The van der Waals surface area contributed by atoms with Crippen molar-refractivity contribution in [2.24, 2.45) is 0 Å². The summed E-state index contributed by atoms with van der Waals surface area (Å²) in [5.41, 5.74) is 11.8. The zero-order valence-electron chi connectivity index (χ0n) is 27.5. The first kappa shape index (κ1) is 29.4. The predicted molar refractivity (Wildman–Crippen MR) is 215 cm³/mol. The fourth-order valence-electron chi connectivity index (χ4n) is 7.15. The molecule has 0 bridgehead atoms. The van der Waals surface area contributed by atoms with Gasteiger partial charge in [0.15, 0.2) is 0 Å². The molecule has 240 valence electrons. The number of aromatic nitrogens is 1.